The van der Waals surface area contributed by atoms with Crippen LogP contribution in [0.4, 0.5) is 0 Å². The molecule has 28 heavy (non-hydrogen) atoms. The number of amides is 4. The molecule has 0 aromatic heterocycles. The minimum absolute atomic E-state index is 0.0639. The lowest BCUT2D eigenvalue weighted by Crippen LogP contribution is -2.39. The number of imide groups is 2. The van der Waals surface area contributed by atoms with Crippen molar-refractivity contribution in [3.63, 3.8) is 0 Å². The van der Waals surface area contributed by atoms with Crippen LogP contribution in [0.3, 0.4) is 0 Å². The van der Waals surface area contributed by atoms with Crippen LogP contribution in [0, 0.1) is 11.8 Å². The molecule has 1 N–H and O–H groups in total. The van der Waals surface area contributed by atoms with Crippen LogP contribution in [0.25, 0.3) is 0 Å². The summed E-state index contributed by atoms with van der Waals surface area (Å²) in [5.74, 6) is -4.04. The monoisotopic (exact) mass is 416 g/mol. The molecule has 0 bridgehead atoms. The maximum absolute atomic E-state index is 12.3. The lowest BCUT2D eigenvalue weighted by Gasteiger charge is -2.29. The summed E-state index contributed by atoms with van der Waals surface area (Å²) >= 11 is 0. The summed E-state index contributed by atoms with van der Waals surface area (Å²) in [6.45, 7) is 0.318. The van der Waals surface area contributed by atoms with E-state index in [-0.39, 0.29) is 35.6 Å². The van der Waals surface area contributed by atoms with E-state index in [0.717, 1.165) is 0 Å². The standard InChI is InChI=1S/C16H20N2O9S/c19-12-5-6-13(20)17(12)8-9-1-3-10(4-2-9)16(23)27-18-14(21)7-11(15(18)22)28(24,25)26/h9-11H,1-8H2,(H,24,25,26). The van der Waals surface area contributed by atoms with Gasteiger partial charge in [0.1, 0.15) is 0 Å². The van der Waals surface area contributed by atoms with Gasteiger partial charge in [0.15, 0.2) is 5.25 Å². The van der Waals surface area contributed by atoms with Crippen LogP contribution >= 0.6 is 0 Å². The largest absolute Gasteiger partial charge is 0.336 e. The number of rotatable bonds is 5. The fraction of sp³-hybridized carbons (Fsp3) is 0.688. The molecular weight excluding hydrogens is 396 g/mol. The second-order valence-corrected chi connectivity index (χ2v) is 8.86. The van der Waals surface area contributed by atoms with E-state index in [0.29, 0.717) is 32.2 Å². The van der Waals surface area contributed by atoms with Crippen molar-refractivity contribution in [3.05, 3.63) is 0 Å². The van der Waals surface area contributed by atoms with Gasteiger partial charge in [-0.2, -0.15) is 8.42 Å². The Morgan fingerprint density at radius 2 is 1.57 bits per heavy atom. The molecule has 2 heterocycles. The molecule has 1 aliphatic carbocycles. The van der Waals surface area contributed by atoms with Gasteiger partial charge in [0.05, 0.1) is 12.3 Å². The molecule has 2 saturated heterocycles. The van der Waals surface area contributed by atoms with Gasteiger partial charge in [-0.3, -0.25) is 28.6 Å². The minimum Gasteiger partial charge on any atom is -0.330 e. The molecule has 12 heteroatoms. The van der Waals surface area contributed by atoms with Gasteiger partial charge >= 0.3 is 5.97 Å². The molecular formula is C16H20N2O9S. The molecule has 154 valence electrons. The number of carbonyl (C=O) groups is 5. The Kier molecular flexibility index (Phi) is 5.53. The van der Waals surface area contributed by atoms with Crippen LogP contribution in [0.5, 0.6) is 0 Å². The van der Waals surface area contributed by atoms with Gasteiger partial charge in [-0.1, -0.05) is 0 Å². The van der Waals surface area contributed by atoms with E-state index >= 15 is 0 Å². The summed E-state index contributed by atoms with van der Waals surface area (Å²) in [7, 11) is -4.77. The normalized spacial score (nSPS) is 29.0. The third kappa shape index (κ3) is 4.07. The first-order chi connectivity index (χ1) is 13.1. The van der Waals surface area contributed by atoms with Gasteiger partial charge in [0.2, 0.25) is 11.8 Å². The van der Waals surface area contributed by atoms with E-state index < -0.39 is 45.5 Å². The first-order valence-electron chi connectivity index (χ1n) is 8.96. The zero-order chi connectivity index (χ0) is 20.6. The zero-order valence-corrected chi connectivity index (χ0v) is 15.7. The van der Waals surface area contributed by atoms with Crippen molar-refractivity contribution in [2.24, 2.45) is 11.8 Å². The highest BCUT2D eigenvalue weighted by molar-refractivity contribution is 7.87. The predicted octanol–water partition coefficient (Wildman–Crippen LogP) is -0.585. The van der Waals surface area contributed by atoms with E-state index in [1.165, 1.54) is 4.90 Å². The maximum Gasteiger partial charge on any atom is 0.336 e. The molecule has 0 aromatic carbocycles. The third-order valence-electron chi connectivity index (χ3n) is 5.38. The summed E-state index contributed by atoms with van der Waals surface area (Å²) in [5.41, 5.74) is 0. The molecule has 1 saturated carbocycles. The van der Waals surface area contributed by atoms with Crippen LogP contribution in [-0.4, -0.2) is 64.3 Å². The Labute approximate surface area is 160 Å². The summed E-state index contributed by atoms with van der Waals surface area (Å²) in [4.78, 5) is 65.3. The van der Waals surface area contributed by atoms with Crippen LogP contribution in [-0.2, 0) is 38.9 Å². The van der Waals surface area contributed by atoms with E-state index in [9.17, 15) is 32.4 Å². The highest BCUT2D eigenvalue weighted by Crippen LogP contribution is 2.32. The Balaban J connectivity index is 1.52. The maximum atomic E-state index is 12.3. The van der Waals surface area contributed by atoms with Crippen LogP contribution in [0.1, 0.15) is 44.9 Å². The lowest BCUT2D eigenvalue weighted by molar-refractivity contribution is -0.201. The number of likely N-dealkylation sites (tertiary alicyclic amines) is 1. The smallest absolute Gasteiger partial charge is 0.330 e. The third-order valence-corrected chi connectivity index (χ3v) is 6.47. The summed E-state index contributed by atoms with van der Waals surface area (Å²) < 4.78 is 31.2. The Morgan fingerprint density at radius 1 is 1.00 bits per heavy atom. The van der Waals surface area contributed by atoms with Gasteiger partial charge in [0, 0.05) is 19.4 Å². The molecule has 11 nitrogen and oxygen atoms in total. The van der Waals surface area contributed by atoms with Crippen molar-refractivity contribution in [1.29, 1.82) is 0 Å². The molecule has 4 amide bonds. The Morgan fingerprint density at radius 3 is 2.07 bits per heavy atom. The summed E-state index contributed by atoms with van der Waals surface area (Å²) in [6, 6.07) is 0. The van der Waals surface area contributed by atoms with E-state index in [4.69, 9.17) is 9.39 Å². The zero-order valence-electron chi connectivity index (χ0n) is 14.9. The first kappa shape index (κ1) is 20.4. The van der Waals surface area contributed by atoms with Crippen molar-refractivity contribution in [3.8, 4) is 0 Å². The fourth-order valence-electron chi connectivity index (χ4n) is 3.74. The Bertz CT molecular complexity index is 813. The van der Waals surface area contributed by atoms with Crippen molar-refractivity contribution in [2.75, 3.05) is 6.54 Å². The van der Waals surface area contributed by atoms with E-state index in [2.05, 4.69) is 0 Å². The average Bonchev–Trinajstić information content (AvgIpc) is 3.09. The minimum atomic E-state index is -4.77. The van der Waals surface area contributed by atoms with Crippen molar-refractivity contribution < 1.29 is 41.8 Å². The van der Waals surface area contributed by atoms with Gasteiger partial charge in [-0.15, -0.1) is 5.06 Å². The van der Waals surface area contributed by atoms with E-state index in [1.807, 2.05) is 0 Å². The fourth-order valence-corrected chi connectivity index (χ4v) is 4.44. The molecule has 1 atom stereocenters. The Hall–Kier alpha value is -2.34. The first-order valence-corrected chi connectivity index (χ1v) is 10.5. The molecule has 0 spiro atoms. The predicted molar refractivity (Wildman–Crippen MR) is 89.3 cm³/mol. The molecule has 0 radical (unpaired) electrons. The number of nitrogens with zero attached hydrogens (tertiary/aromatic N) is 2. The second-order valence-electron chi connectivity index (χ2n) is 7.26. The highest BCUT2D eigenvalue weighted by Gasteiger charge is 2.49. The van der Waals surface area contributed by atoms with Crippen molar-refractivity contribution >= 4 is 39.7 Å². The van der Waals surface area contributed by atoms with Crippen molar-refractivity contribution in [2.45, 2.75) is 50.2 Å². The van der Waals surface area contributed by atoms with Gasteiger partial charge in [-0.25, -0.2) is 4.79 Å². The highest BCUT2D eigenvalue weighted by atomic mass is 32.2. The quantitative estimate of drug-likeness (QED) is 0.457. The molecule has 3 rings (SSSR count). The molecule has 1 unspecified atom stereocenters. The van der Waals surface area contributed by atoms with Crippen molar-refractivity contribution in [1.82, 2.24) is 9.96 Å². The average molecular weight is 416 g/mol. The molecule has 3 fully saturated rings. The van der Waals surface area contributed by atoms with Crippen LogP contribution < -0.4 is 0 Å². The topological polar surface area (TPSA) is 155 Å². The van der Waals surface area contributed by atoms with Gasteiger partial charge in [-0.05, 0) is 31.6 Å². The SMILES string of the molecule is O=C(ON1C(=O)CC(S(=O)(=O)O)C1=O)C1CCC(CN2C(=O)CCC2=O)CC1. The summed E-state index contributed by atoms with van der Waals surface area (Å²) in [6.07, 6.45) is 1.57. The van der Waals surface area contributed by atoms with Gasteiger partial charge < -0.3 is 4.84 Å². The second kappa shape index (κ2) is 7.59. The summed E-state index contributed by atoms with van der Waals surface area (Å²) in [5, 5.41) is -1.85. The number of hydroxylamine groups is 2. The van der Waals surface area contributed by atoms with Gasteiger partial charge in [0.25, 0.3) is 21.9 Å². The number of carbonyl (C=O) groups excluding carboxylic acids is 5. The van der Waals surface area contributed by atoms with Crippen LogP contribution in [0.15, 0.2) is 0 Å². The van der Waals surface area contributed by atoms with E-state index in [1.54, 1.807) is 0 Å². The number of hydrogen-bond donors (Lipinski definition) is 1. The van der Waals surface area contributed by atoms with Crippen LogP contribution in [0.2, 0.25) is 0 Å². The molecule has 3 aliphatic rings. The molecule has 2 aliphatic heterocycles. The number of hydrogen-bond acceptors (Lipinski definition) is 8. The molecule has 0 aromatic rings. The lowest BCUT2D eigenvalue weighted by atomic mass is 9.82.